The van der Waals surface area contributed by atoms with Crippen LogP contribution in [-0.4, -0.2) is 12.6 Å². The highest BCUT2D eigenvalue weighted by Gasteiger charge is 2.27. The molecule has 2 unspecified atom stereocenters. The van der Waals surface area contributed by atoms with Gasteiger partial charge in [0.05, 0.1) is 0 Å². The first kappa shape index (κ1) is 10.8. The average Bonchev–Trinajstić information content (AvgIpc) is 2.57. The molecule has 1 aromatic carbocycles. The number of benzene rings is 1. The SMILES string of the molecule is CC1CC(C)N(c2ccccc2CCl)C1. The largest absolute Gasteiger partial charge is 0.368 e. The number of nitrogens with zero attached hydrogens (tertiary/aromatic N) is 1. The van der Waals surface area contributed by atoms with Crippen molar-refractivity contribution in [3.05, 3.63) is 29.8 Å². The summed E-state index contributed by atoms with van der Waals surface area (Å²) in [6.07, 6.45) is 1.29. The van der Waals surface area contributed by atoms with Crippen LogP contribution in [0.15, 0.2) is 24.3 Å². The Bertz CT molecular complexity index is 337. The van der Waals surface area contributed by atoms with Crippen molar-refractivity contribution in [1.29, 1.82) is 0 Å². The van der Waals surface area contributed by atoms with Crippen molar-refractivity contribution in [2.45, 2.75) is 32.2 Å². The number of hydrogen-bond donors (Lipinski definition) is 0. The van der Waals surface area contributed by atoms with Gasteiger partial charge in [-0.2, -0.15) is 0 Å². The number of halogens is 1. The topological polar surface area (TPSA) is 3.24 Å². The smallest absolute Gasteiger partial charge is 0.0494 e. The molecule has 0 aliphatic carbocycles. The lowest BCUT2D eigenvalue weighted by Gasteiger charge is -2.26. The van der Waals surface area contributed by atoms with E-state index in [1.54, 1.807) is 0 Å². The monoisotopic (exact) mass is 223 g/mol. The summed E-state index contributed by atoms with van der Waals surface area (Å²) in [6, 6.07) is 9.11. The second kappa shape index (κ2) is 4.44. The van der Waals surface area contributed by atoms with Crippen LogP contribution in [0.4, 0.5) is 5.69 Å². The molecule has 1 aromatic rings. The summed E-state index contributed by atoms with van der Waals surface area (Å²) in [5.41, 5.74) is 2.57. The van der Waals surface area contributed by atoms with E-state index in [-0.39, 0.29) is 0 Å². The van der Waals surface area contributed by atoms with Gasteiger partial charge in [-0.15, -0.1) is 11.6 Å². The van der Waals surface area contributed by atoms with Crippen LogP contribution in [0.2, 0.25) is 0 Å². The molecule has 15 heavy (non-hydrogen) atoms. The van der Waals surface area contributed by atoms with E-state index >= 15 is 0 Å². The van der Waals surface area contributed by atoms with Gasteiger partial charge in [0, 0.05) is 24.2 Å². The van der Waals surface area contributed by atoms with E-state index in [2.05, 4.69) is 43.0 Å². The van der Waals surface area contributed by atoms with Crippen LogP contribution in [0, 0.1) is 5.92 Å². The van der Waals surface area contributed by atoms with E-state index < -0.39 is 0 Å². The molecule has 0 N–H and O–H groups in total. The van der Waals surface area contributed by atoms with Gasteiger partial charge in [-0.3, -0.25) is 0 Å². The van der Waals surface area contributed by atoms with Gasteiger partial charge in [0.2, 0.25) is 0 Å². The number of rotatable bonds is 2. The Balaban J connectivity index is 2.29. The molecule has 2 atom stereocenters. The zero-order valence-corrected chi connectivity index (χ0v) is 10.2. The molecular weight excluding hydrogens is 206 g/mol. The highest BCUT2D eigenvalue weighted by Crippen LogP contribution is 2.31. The fourth-order valence-electron chi connectivity index (χ4n) is 2.54. The molecule has 1 heterocycles. The second-order valence-electron chi connectivity index (χ2n) is 4.60. The van der Waals surface area contributed by atoms with Crippen LogP contribution in [0.3, 0.4) is 0 Å². The van der Waals surface area contributed by atoms with E-state index in [1.165, 1.54) is 17.7 Å². The zero-order valence-electron chi connectivity index (χ0n) is 9.41. The molecule has 0 aromatic heterocycles. The Kier molecular flexibility index (Phi) is 3.20. The predicted molar refractivity (Wildman–Crippen MR) is 66.6 cm³/mol. The molecule has 1 saturated heterocycles. The summed E-state index contributed by atoms with van der Waals surface area (Å²) in [5, 5.41) is 0. The summed E-state index contributed by atoms with van der Waals surface area (Å²) < 4.78 is 0. The molecule has 82 valence electrons. The fraction of sp³-hybridized carbons (Fsp3) is 0.538. The molecule has 0 amide bonds. The van der Waals surface area contributed by atoms with E-state index in [0.29, 0.717) is 11.9 Å². The molecule has 0 bridgehead atoms. The minimum atomic E-state index is 0.605. The second-order valence-corrected chi connectivity index (χ2v) is 4.87. The number of hydrogen-bond acceptors (Lipinski definition) is 1. The van der Waals surface area contributed by atoms with Crippen molar-refractivity contribution >= 4 is 17.3 Å². The van der Waals surface area contributed by atoms with Gasteiger partial charge in [0.1, 0.15) is 0 Å². The Hall–Kier alpha value is -0.690. The Morgan fingerprint density at radius 3 is 2.67 bits per heavy atom. The quantitative estimate of drug-likeness (QED) is 0.692. The Labute approximate surface area is 97.0 Å². The maximum atomic E-state index is 5.97. The average molecular weight is 224 g/mol. The maximum absolute atomic E-state index is 5.97. The maximum Gasteiger partial charge on any atom is 0.0494 e. The lowest BCUT2D eigenvalue weighted by molar-refractivity contribution is 0.625. The van der Waals surface area contributed by atoms with Crippen molar-refractivity contribution in [2.24, 2.45) is 5.92 Å². The molecule has 2 rings (SSSR count). The molecule has 0 saturated carbocycles. The molecule has 0 spiro atoms. The summed E-state index contributed by atoms with van der Waals surface area (Å²) in [5.74, 6) is 1.40. The number of anilines is 1. The van der Waals surface area contributed by atoms with Crippen molar-refractivity contribution < 1.29 is 0 Å². The third kappa shape index (κ3) is 2.12. The van der Waals surface area contributed by atoms with Crippen molar-refractivity contribution in [3.63, 3.8) is 0 Å². The Morgan fingerprint density at radius 1 is 1.33 bits per heavy atom. The third-order valence-electron chi connectivity index (χ3n) is 3.23. The molecule has 1 fully saturated rings. The van der Waals surface area contributed by atoms with Crippen LogP contribution in [0.5, 0.6) is 0 Å². The van der Waals surface area contributed by atoms with Crippen molar-refractivity contribution in [2.75, 3.05) is 11.4 Å². The van der Waals surface area contributed by atoms with Crippen LogP contribution in [-0.2, 0) is 5.88 Å². The molecule has 0 radical (unpaired) electrons. The lowest BCUT2D eigenvalue weighted by atomic mass is 10.1. The highest BCUT2D eigenvalue weighted by atomic mass is 35.5. The van der Waals surface area contributed by atoms with Gasteiger partial charge in [-0.25, -0.2) is 0 Å². The molecule has 1 aliphatic rings. The first-order chi connectivity index (χ1) is 7.22. The van der Waals surface area contributed by atoms with Gasteiger partial charge < -0.3 is 4.90 Å². The van der Waals surface area contributed by atoms with Crippen LogP contribution in [0.1, 0.15) is 25.8 Å². The standard InChI is InChI=1S/C13H18ClN/c1-10-7-11(2)15(9-10)13-6-4-3-5-12(13)8-14/h3-6,10-11H,7-9H2,1-2H3. The molecule has 2 heteroatoms. The van der Waals surface area contributed by atoms with Crippen molar-refractivity contribution in [3.8, 4) is 0 Å². The van der Waals surface area contributed by atoms with Crippen LogP contribution >= 0.6 is 11.6 Å². The zero-order chi connectivity index (χ0) is 10.8. The number of para-hydroxylation sites is 1. The Morgan fingerprint density at radius 2 is 2.07 bits per heavy atom. The minimum Gasteiger partial charge on any atom is -0.368 e. The summed E-state index contributed by atoms with van der Waals surface area (Å²) in [7, 11) is 0. The van der Waals surface area contributed by atoms with Gasteiger partial charge in [-0.05, 0) is 30.9 Å². The molecule has 1 aliphatic heterocycles. The van der Waals surface area contributed by atoms with Gasteiger partial charge in [-0.1, -0.05) is 25.1 Å². The predicted octanol–water partition coefficient (Wildman–Crippen LogP) is 3.66. The lowest BCUT2D eigenvalue weighted by Crippen LogP contribution is -2.27. The first-order valence-corrected chi connectivity index (χ1v) is 6.16. The van der Waals surface area contributed by atoms with Crippen molar-refractivity contribution in [1.82, 2.24) is 0 Å². The third-order valence-corrected chi connectivity index (χ3v) is 3.52. The highest BCUT2D eigenvalue weighted by molar-refractivity contribution is 6.17. The number of alkyl halides is 1. The van der Waals surface area contributed by atoms with Gasteiger partial charge in [0.25, 0.3) is 0 Å². The van der Waals surface area contributed by atoms with Gasteiger partial charge in [0.15, 0.2) is 0 Å². The summed E-state index contributed by atoms with van der Waals surface area (Å²) >= 11 is 5.97. The van der Waals surface area contributed by atoms with Crippen LogP contribution in [0.25, 0.3) is 0 Å². The fourth-order valence-corrected chi connectivity index (χ4v) is 2.77. The van der Waals surface area contributed by atoms with E-state index in [4.69, 9.17) is 11.6 Å². The first-order valence-electron chi connectivity index (χ1n) is 5.63. The minimum absolute atomic E-state index is 0.605. The van der Waals surface area contributed by atoms with Crippen LogP contribution < -0.4 is 4.90 Å². The molecule has 1 nitrogen and oxygen atoms in total. The van der Waals surface area contributed by atoms with Gasteiger partial charge >= 0.3 is 0 Å². The molecular formula is C13H18ClN. The van der Waals surface area contributed by atoms with E-state index in [0.717, 1.165) is 12.5 Å². The van der Waals surface area contributed by atoms with E-state index in [1.807, 2.05) is 0 Å². The van der Waals surface area contributed by atoms with E-state index in [9.17, 15) is 0 Å². The summed E-state index contributed by atoms with van der Waals surface area (Å²) in [6.45, 7) is 5.78. The normalized spacial score (nSPS) is 25.9. The summed E-state index contributed by atoms with van der Waals surface area (Å²) in [4.78, 5) is 2.49.